The SMILES string of the molecule is O=C(NC[C@H](c1ccco1)c1cccs1)c1ccccc1Cl. The molecular weight excluding hydrogens is 318 g/mol. The van der Waals surface area contributed by atoms with Crippen LogP contribution in [0.25, 0.3) is 0 Å². The summed E-state index contributed by atoms with van der Waals surface area (Å²) in [5.41, 5.74) is 0.480. The maximum atomic E-state index is 12.3. The highest BCUT2D eigenvalue weighted by Gasteiger charge is 2.20. The molecule has 1 atom stereocenters. The van der Waals surface area contributed by atoms with Gasteiger partial charge in [0.1, 0.15) is 5.76 Å². The number of rotatable bonds is 5. The van der Waals surface area contributed by atoms with E-state index in [4.69, 9.17) is 16.0 Å². The Morgan fingerprint density at radius 1 is 1.18 bits per heavy atom. The van der Waals surface area contributed by atoms with Gasteiger partial charge in [0.15, 0.2) is 0 Å². The third-order valence-corrected chi connectivity index (χ3v) is 4.67. The molecule has 0 spiro atoms. The fraction of sp³-hybridized carbons (Fsp3) is 0.118. The number of carbonyl (C=O) groups excluding carboxylic acids is 1. The molecule has 2 heterocycles. The van der Waals surface area contributed by atoms with Gasteiger partial charge in [-0.25, -0.2) is 0 Å². The highest BCUT2D eigenvalue weighted by atomic mass is 35.5. The lowest BCUT2D eigenvalue weighted by Crippen LogP contribution is -2.28. The number of amides is 1. The molecule has 22 heavy (non-hydrogen) atoms. The third-order valence-electron chi connectivity index (χ3n) is 3.36. The molecule has 0 radical (unpaired) electrons. The van der Waals surface area contributed by atoms with E-state index in [1.54, 1.807) is 41.9 Å². The van der Waals surface area contributed by atoms with Gasteiger partial charge < -0.3 is 9.73 Å². The van der Waals surface area contributed by atoms with Gasteiger partial charge in [0.25, 0.3) is 5.91 Å². The highest BCUT2D eigenvalue weighted by molar-refractivity contribution is 7.10. The van der Waals surface area contributed by atoms with Crippen LogP contribution < -0.4 is 5.32 Å². The predicted octanol–water partition coefficient (Wildman–Crippen LogP) is 4.56. The summed E-state index contributed by atoms with van der Waals surface area (Å²) in [5, 5.41) is 5.40. The Bertz CT molecular complexity index is 704. The highest BCUT2D eigenvalue weighted by Crippen LogP contribution is 2.28. The quantitative estimate of drug-likeness (QED) is 0.745. The minimum atomic E-state index is -0.182. The molecule has 5 heteroatoms. The topological polar surface area (TPSA) is 42.2 Å². The van der Waals surface area contributed by atoms with E-state index in [2.05, 4.69) is 5.32 Å². The Morgan fingerprint density at radius 3 is 2.73 bits per heavy atom. The van der Waals surface area contributed by atoms with Gasteiger partial charge in [-0.3, -0.25) is 4.79 Å². The van der Waals surface area contributed by atoms with Gasteiger partial charge in [0.05, 0.1) is 22.8 Å². The summed E-state index contributed by atoms with van der Waals surface area (Å²) in [7, 11) is 0. The zero-order valence-corrected chi connectivity index (χ0v) is 13.2. The maximum absolute atomic E-state index is 12.3. The first-order chi connectivity index (χ1) is 10.8. The van der Waals surface area contributed by atoms with Crippen LogP contribution in [0.3, 0.4) is 0 Å². The summed E-state index contributed by atoms with van der Waals surface area (Å²) >= 11 is 7.70. The molecule has 3 aromatic rings. The lowest BCUT2D eigenvalue weighted by Gasteiger charge is -2.14. The molecule has 0 aliphatic carbocycles. The third kappa shape index (κ3) is 3.24. The number of benzene rings is 1. The van der Waals surface area contributed by atoms with Crippen LogP contribution in [0.2, 0.25) is 5.02 Å². The average molecular weight is 332 g/mol. The van der Waals surface area contributed by atoms with Crippen molar-refractivity contribution < 1.29 is 9.21 Å². The Labute approximate surface area is 137 Å². The standard InChI is InChI=1S/C17H14ClNO2S/c18-14-6-2-1-5-12(14)17(20)19-11-13(15-7-3-9-21-15)16-8-4-10-22-16/h1-10,13H,11H2,(H,19,20)/t13-/m1/s1. The minimum absolute atomic E-state index is 0.00133. The second kappa shape index (κ2) is 6.81. The van der Waals surface area contributed by atoms with E-state index >= 15 is 0 Å². The molecule has 1 N–H and O–H groups in total. The lowest BCUT2D eigenvalue weighted by atomic mass is 10.0. The fourth-order valence-electron chi connectivity index (χ4n) is 2.26. The normalized spacial score (nSPS) is 12.0. The van der Waals surface area contributed by atoms with Gasteiger partial charge in [-0.1, -0.05) is 29.8 Å². The Kier molecular flexibility index (Phi) is 4.61. The van der Waals surface area contributed by atoms with Crippen LogP contribution >= 0.6 is 22.9 Å². The van der Waals surface area contributed by atoms with Crippen LogP contribution in [-0.2, 0) is 0 Å². The van der Waals surface area contributed by atoms with Crippen LogP contribution in [0.15, 0.2) is 64.6 Å². The van der Waals surface area contributed by atoms with Gasteiger partial charge >= 0.3 is 0 Å². The Hall–Kier alpha value is -2.04. The van der Waals surface area contributed by atoms with E-state index in [-0.39, 0.29) is 11.8 Å². The van der Waals surface area contributed by atoms with Crippen molar-refractivity contribution in [2.75, 3.05) is 6.54 Å². The molecule has 0 aliphatic heterocycles. The molecule has 1 amide bonds. The number of nitrogens with one attached hydrogen (secondary N) is 1. The van der Waals surface area contributed by atoms with Crippen molar-refractivity contribution >= 4 is 28.8 Å². The van der Waals surface area contributed by atoms with Crippen molar-refractivity contribution in [1.82, 2.24) is 5.32 Å². The second-order valence-electron chi connectivity index (χ2n) is 4.77. The molecule has 0 fully saturated rings. The minimum Gasteiger partial charge on any atom is -0.469 e. The molecule has 0 aliphatic rings. The van der Waals surface area contributed by atoms with Gasteiger partial charge in [-0.2, -0.15) is 0 Å². The molecule has 1 aromatic carbocycles. The molecule has 0 bridgehead atoms. The van der Waals surface area contributed by atoms with Crippen molar-refractivity contribution in [2.45, 2.75) is 5.92 Å². The first kappa shape index (κ1) is 14.9. The molecule has 3 nitrogen and oxygen atoms in total. The summed E-state index contributed by atoms with van der Waals surface area (Å²) in [6, 6.07) is 14.8. The fourth-order valence-corrected chi connectivity index (χ4v) is 3.31. The zero-order chi connectivity index (χ0) is 15.4. The van der Waals surface area contributed by atoms with Crippen molar-refractivity contribution in [1.29, 1.82) is 0 Å². The Morgan fingerprint density at radius 2 is 2.05 bits per heavy atom. The first-order valence-corrected chi connectivity index (χ1v) is 8.11. The number of thiophene rings is 1. The molecule has 0 saturated carbocycles. The van der Waals surface area contributed by atoms with E-state index < -0.39 is 0 Å². The number of halogens is 1. The van der Waals surface area contributed by atoms with Crippen LogP contribution in [-0.4, -0.2) is 12.5 Å². The summed E-state index contributed by atoms with van der Waals surface area (Å²) < 4.78 is 5.51. The summed E-state index contributed by atoms with van der Waals surface area (Å²) in [4.78, 5) is 13.4. The van der Waals surface area contributed by atoms with Crippen LogP contribution in [0.4, 0.5) is 0 Å². The molecule has 112 valence electrons. The lowest BCUT2D eigenvalue weighted by molar-refractivity contribution is 0.0952. The van der Waals surface area contributed by atoms with E-state index in [0.717, 1.165) is 10.6 Å². The maximum Gasteiger partial charge on any atom is 0.252 e. The van der Waals surface area contributed by atoms with Crippen molar-refractivity contribution in [3.8, 4) is 0 Å². The molecule has 3 rings (SSSR count). The number of hydrogen-bond donors (Lipinski definition) is 1. The predicted molar refractivity (Wildman–Crippen MR) is 88.7 cm³/mol. The molecular formula is C17H14ClNO2S. The van der Waals surface area contributed by atoms with E-state index in [1.165, 1.54) is 0 Å². The van der Waals surface area contributed by atoms with Crippen molar-refractivity contribution in [2.24, 2.45) is 0 Å². The summed E-state index contributed by atoms with van der Waals surface area (Å²) in [6.45, 7) is 0.456. The largest absolute Gasteiger partial charge is 0.469 e. The summed E-state index contributed by atoms with van der Waals surface area (Å²) in [6.07, 6.45) is 1.64. The van der Waals surface area contributed by atoms with E-state index in [0.29, 0.717) is 17.1 Å². The van der Waals surface area contributed by atoms with Crippen molar-refractivity contribution in [3.63, 3.8) is 0 Å². The van der Waals surface area contributed by atoms with Gasteiger partial charge in [-0.05, 0) is 35.7 Å². The number of carbonyl (C=O) groups is 1. The van der Waals surface area contributed by atoms with Crippen molar-refractivity contribution in [3.05, 3.63) is 81.4 Å². The smallest absolute Gasteiger partial charge is 0.252 e. The molecule has 2 aromatic heterocycles. The van der Waals surface area contributed by atoms with Crippen LogP contribution in [0, 0.1) is 0 Å². The second-order valence-corrected chi connectivity index (χ2v) is 6.16. The summed E-state index contributed by atoms with van der Waals surface area (Å²) in [5.74, 6) is 0.655. The number of hydrogen-bond acceptors (Lipinski definition) is 3. The molecule has 0 saturated heterocycles. The van der Waals surface area contributed by atoms with Gasteiger partial charge in [0.2, 0.25) is 0 Å². The van der Waals surface area contributed by atoms with E-state index in [1.807, 2.05) is 29.6 Å². The number of furan rings is 1. The first-order valence-electron chi connectivity index (χ1n) is 6.85. The van der Waals surface area contributed by atoms with Crippen LogP contribution in [0.5, 0.6) is 0 Å². The van der Waals surface area contributed by atoms with E-state index in [9.17, 15) is 4.79 Å². The van der Waals surface area contributed by atoms with Gasteiger partial charge in [0, 0.05) is 11.4 Å². The van der Waals surface area contributed by atoms with Gasteiger partial charge in [-0.15, -0.1) is 11.3 Å². The molecule has 0 unspecified atom stereocenters. The van der Waals surface area contributed by atoms with Crippen LogP contribution in [0.1, 0.15) is 26.9 Å². The zero-order valence-electron chi connectivity index (χ0n) is 11.7. The Balaban J connectivity index is 1.75. The average Bonchev–Trinajstić information content (AvgIpc) is 3.21. The monoisotopic (exact) mass is 331 g/mol.